The molecule has 1 saturated heterocycles. The molecular formula is C12H18N4O4. The third kappa shape index (κ3) is 2.64. The minimum absolute atomic E-state index is 0.0302. The number of rotatable bonds is 4. The fraction of sp³-hybridized carbons (Fsp3) is 0.667. The summed E-state index contributed by atoms with van der Waals surface area (Å²) in [5.74, 6) is -0.497. The van der Waals surface area contributed by atoms with Gasteiger partial charge in [0.2, 0.25) is 5.69 Å². The van der Waals surface area contributed by atoms with Crippen LogP contribution >= 0.6 is 0 Å². The molecular weight excluding hydrogens is 264 g/mol. The second-order valence-corrected chi connectivity index (χ2v) is 4.98. The fourth-order valence-corrected chi connectivity index (χ4v) is 2.49. The summed E-state index contributed by atoms with van der Waals surface area (Å²) in [5.41, 5.74) is -0.0469. The van der Waals surface area contributed by atoms with Crippen LogP contribution in [0.4, 0.5) is 5.69 Å². The van der Waals surface area contributed by atoms with Gasteiger partial charge in [0.15, 0.2) is 0 Å². The number of hydrogen-bond acceptors (Lipinski definition) is 5. The molecule has 0 aliphatic carbocycles. The minimum atomic E-state index is -0.575. The van der Waals surface area contributed by atoms with E-state index in [9.17, 15) is 14.9 Å². The summed E-state index contributed by atoms with van der Waals surface area (Å²) in [4.78, 5) is 22.7. The average Bonchev–Trinajstić information content (AvgIpc) is 2.96. The fourth-order valence-electron chi connectivity index (χ4n) is 2.49. The van der Waals surface area contributed by atoms with Crippen LogP contribution in [-0.2, 0) is 11.8 Å². The zero-order chi connectivity index (χ0) is 14.9. The highest BCUT2D eigenvalue weighted by Gasteiger charge is 2.31. The van der Waals surface area contributed by atoms with Crippen LogP contribution in [0.25, 0.3) is 0 Å². The van der Waals surface area contributed by atoms with E-state index in [0.29, 0.717) is 6.61 Å². The first-order chi connectivity index (χ1) is 9.41. The summed E-state index contributed by atoms with van der Waals surface area (Å²) in [6.07, 6.45) is 1.82. The van der Waals surface area contributed by atoms with Crippen molar-refractivity contribution in [2.24, 2.45) is 7.05 Å². The van der Waals surface area contributed by atoms with Crippen molar-refractivity contribution in [1.29, 1.82) is 0 Å². The summed E-state index contributed by atoms with van der Waals surface area (Å²) in [6.45, 7) is 4.04. The first-order valence-corrected chi connectivity index (χ1v) is 6.52. The van der Waals surface area contributed by atoms with Gasteiger partial charge in [0, 0.05) is 13.7 Å². The highest BCUT2D eigenvalue weighted by molar-refractivity contribution is 5.97. The quantitative estimate of drug-likeness (QED) is 0.654. The van der Waals surface area contributed by atoms with E-state index in [1.807, 2.05) is 6.92 Å². The van der Waals surface area contributed by atoms with E-state index in [0.717, 1.165) is 12.8 Å². The Morgan fingerprint density at radius 2 is 2.35 bits per heavy atom. The molecule has 1 aliphatic rings. The Labute approximate surface area is 116 Å². The van der Waals surface area contributed by atoms with E-state index in [1.54, 1.807) is 0 Å². The number of amides is 1. The summed E-state index contributed by atoms with van der Waals surface area (Å²) in [5, 5.41) is 17.7. The van der Waals surface area contributed by atoms with E-state index in [1.165, 1.54) is 18.7 Å². The van der Waals surface area contributed by atoms with Crippen LogP contribution in [0.15, 0.2) is 0 Å². The number of nitrogens with one attached hydrogen (secondary N) is 1. The molecule has 2 atom stereocenters. The second-order valence-electron chi connectivity index (χ2n) is 4.98. The lowest BCUT2D eigenvalue weighted by Gasteiger charge is -2.19. The molecule has 110 valence electrons. The van der Waals surface area contributed by atoms with Crippen molar-refractivity contribution in [3.05, 3.63) is 21.5 Å². The summed E-state index contributed by atoms with van der Waals surface area (Å²) < 4.78 is 6.73. The Bertz CT molecular complexity index is 534. The molecule has 20 heavy (non-hydrogen) atoms. The zero-order valence-corrected chi connectivity index (χ0v) is 11.8. The Hall–Kier alpha value is -1.96. The van der Waals surface area contributed by atoms with E-state index in [2.05, 4.69) is 10.4 Å². The van der Waals surface area contributed by atoms with Gasteiger partial charge in [-0.2, -0.15) is 5.10 Å². The Morgan fingerprint density at radius 3 is 2.90 bits per heavy atom. The van der Waals surface area contributed by atoms with Crippen molar-refractivity contribution in [2.45, 2.75) is 38.8 Å². The van der Waals surface area contributed by atoms with Crippen LogP contribution in [0.1, 0.15) is 35.9 Å². The van der Waals surface area contributed by atoms with Crippen molar-refractivity contribution in [3.8, 4) is 0 Å². The number of aryl methyl sites for hydroxylation is 2. The van der Waals surface area contributed by atoms with Crippen LogP contribution in [0.2, 0.25) is 0 Å². The molecule has 1 aromatic rings. The lowest BCUT2D eigenvalue weighted by molar-refractivity contribution is -0.385. The maximum Gasteiger partial charge on any atom is 0.322 e. The van der Waals surface area contributed by atoms with Crippen molar-refractivity contribution >= 4 is 11.6 Å². The third-order valence-corrected chi connectivity index (χ3v) is 3.47. The van der Waals surface area contributed by atoms with Gasteiger partial charge in [-0.3, -0.25) is 19.6 Å². The van der Waals surface area contributed by atoms with Crippen LogP contribution in [0, 0.1) is 17.0 Å². The van der Waals surface area contributed by atoms with E-state index in [-0.39, 0.29) is 29.2 Å². The number of nitro groups is 1. The second kappa shape index (κ2) is 5.58. The van der Waals surface area contributed by atoms with Gasteiger partial charge in [0.05, 0.1) is 17.1 Å². The summed E-state index contributed by atoms with van der Waals surface area (Å²) in [6, 6.07) is -0.195. The molecule has 1 amide bonds. The predicted octanol–water partition coefficient (Wildman–Crippen LogP) is 0.934. The van der Waals surface area contributed by atoms with Gasteiger partial charge in [0.1, 0.15) is 5.69 Å². The van der Waals surface area contributed by atoms with Gasteiger partial charge >= 0.3 is 5.69 Å². The zero-order valence-electron chi connectivity index (χ0n) is 11.8. The molecule has 1 N–H and O–H groups in total. The standard InChI is InChI=1S/C12H18N4O4/c1-7(9-5-4-6-20-9)13-12(17)11-10(16(18)19)8(2)14-15(11)3/h7,9H,4-6H2,1-3H3,(H,13,17)/t7-,9-/m0/s1. The summed E-state index contributed by atoms with van der Waals surface area (Å²) >= 11 is 0. The number of ether oxygens (including phenoxy) is 1. The highest BCUT2D eigenvalue weighted by atomic mass is 16.6. The molecule has 2 rings (SSSR count). The van der Waals surface area contributed by atoms with Gasteiger partial charge in [0.25, 0.3) is 5.91 Å². The molecule has 8 nitrogen and oxygen atoms in total. The largest absolute Gasteiger partial charge is 0.376 e. The van der Waals surface area contributed by atoms with E-state index in [4.69, 9.17) is 4.74 Å². The molecule has 1 aromatic heterocycles. The Kier molecular flexibility index (Phi) is 4.03. The average molecular weight is 282 g/mol. The van der Waals surface area contributed by atoms with Gasteiger partial charge in [-0.15, -0.1) is 0 Å². The first-order valence-electron chi connectivity index (χ1n) is 6.52. The monoisotopic (exact) mass is 282 g/mol. The number of carbonyl (C=O) groups excluding carboxylic acids is 1. The molecule has 0 aromatic carbocycles. The number of aromatic nitrogens is 2. The molecule has 2 heterocycles. The van der Waals surface area contributed by atoms with Crippen LogP contribution < -0.4 is 5.32 Å². The molecule has 1 aliphatic heterocycles. The molecule has 0 bridgehead atoms. The normalized spacial score (nSPS) is 19.9. The van der Waals surface area contributed by atoms with E-state index < -0.39 is 10.8 Å². The van der Waals surface area contributed by atoms with Crippen molar-refractivity contribution in [2.75, 3.05) is 6.61 Å². The third-order valence-electron chi connectivity index (χ3n) is 3.47. The Morgan fingerprint density at radius 1 is 1.65 bits per heavy atom. The Balaban J connectivity index is 2.18. The maximum atomic E-state index is 12.2. The topological polar surface area (TPSA) is 99.3 Å². The number of carbonyl (C=O) groups is 1. The van der Waals surface area contributed by atoms with Crippen molar-refractivity contribution < 1.29 is 14.5 Å². The smallest absolute Gasteiger partial charge is 0.322 e. The predicted molar refractivity (Wildman–Crippen MR) is 70.5 cm³/mol. The van der Waals surface area contributed by atoms with Gasteiger partial charge in [-0.25, -0.2) is 0 Å². The molecule has 0 saturated carbocycles. The highest BCUT2D eigenvalue weighted by Crippen LogP contribution is 2.23. The minimum Gasteiger partial charge on any atom is -0.376 e. The maximum absolute atomic E-state index is 12.2. The molecule has 0 radical (unpaired) electrons. The van der Waals surface area contributed by atoms with E-state index >= 15 is 0 Å². The lowest BCUT2D eigenvalue weighted by Crippen LogP contribution is -2.41. The number of nitrogens with zero attached hydrogens (tertiary/aromatic N) is 3. The number of hydrogen-bond donors (Lipinski definition) is 1. The molecule has 8 heteroatoms. The van der Waals surface area contributed by atoms with Crippen molar-refractivity contribution in [3.63, 3.8) is 0 Å². The first kappa shape index (κ1) is 14.4. The van der Waals surface area contributed by atoms with Gasteiger partial charge in [-0.05, 0) is 26.7 Å². The van der Waals surface area contributed by atoms with Crippen LogP contribution in [0.3, 0.4) is 0 Å². The van der Waals surface area contributed by atoms with Crippen molar-refractivity contribution in [1.82, 2.24) is 15.1 Å². The molecule has 0 unspecified atom stereocenters. The summed E-state index contributed by atoms with van der Waals surface area (Å²) in [7, 11) is 1.52. The van der Waals surface area contributed by atoms with Crippen LogP contribution in [0.5, 0.6) is 0 Å². The van der Waals surface area contributed by atoms with Gasteiger partial charge in [-0.1, -0.05) is 0 Å². The molecule has 0 spiro atoms. The SMILES string of the molecule is Cc1nn(C)c(C(=O)N[C@@H](C)[C@@H]2CCCO2)c1[N+](=O)[O-]. The van der Waals surface area contributed by atoms with Gasteiger partial charge < -0.3 is 10.1 Å². The van der Waals surface area contributed by atoms with Crippen LogP contribution in [-0.4, -0.2) is 39.4 Å². The molecule has 1 fully saturated rings. The lowest BCUT2D eigenvalue weighted by atomic mass is 10.1.